The first-order valence-corrected chi connectivity index (χ1v) is 9.94. The fourth-order valence-electron chi connectivity index (χ4n) is 4.74. The second-order valence-electron chi connectivity index (χ2n) is 8.16. The van der Waals surface area contributed by atoms with Gasteiger partial charge in [0.2, 0.25) is 11.8 Å². The van der Waals surface area contributed by atoms with Crippen molar-refractivity contribution in [2.24, 2.45) is 11.8 Å². The van der Waals surface area contributed by atoms with Gasteiger partial charge in [-0.05, 0) is 24.1 Å². The number of carbonyl (C=O) groups excluding carboxylic acids is 2. The molecule has 2 bridgehead atoms. The maximum absolute atomic E-state index is 13.2. The zero-order valence-corrected chi connectivity index (χ0v) is 16.2. The molecular formula is C23H23N3O3. The van der Waals surface area contributed by atoms with Gasteiger partial charge >= 0.3 is 0 Å². The molecule has 3 aliphatic heterocycles. The van der Waals surface area contributed by atoms with Crippen molar-refractivity contribution in [2.75, 3.05) is 6.54 Å². The number of rotatable bonds is 5. The van der Waals surface area contributed by atoms with Gasteiger partial charge in [0.25, 0.3) is 0 Å². The highest BCUT2D eigenvalue weighted by Gasteiger charge is 2.66. The van der Waals surface area contributed by atoms with E-state index in [4.69, 9.17) is 4.74 Å². The van der Waals surface area contributed by atoms with E-state index in [1.165, 1.54) is 5.56 Å². The summed E-state index contributed by atoms with van der Waals surface area (Å²) < 4.78 is 6.17. The number of aromatic nitrogens is 1. The molecule has 5 rings (SSSR count). The zero-order chi connectivity index (χ0) is 20.0. The van der Waals surface area contributed by atoms with Crippen LogP contribution in [0.4, 0.5) is 0 Å². The monoisotopic (exact) mass is 389 g/mol. The van der Waals surface area contributed by atoms with Crippen LogP contribution in [0.2, 0.25) is 0 Å². The summed E-state index contributed by atoms with van der Waals surface area (Å²) in [6.07, 6.45) is 7.06. The SMILES string of the molecule is Cc1ccc(CNC(=O)C2[C@@H]3C=CC4(CN(Cc5cccnc5)C(=O)[C@H]24)O3)cc1. The molecule has 2 unspecified atom stereocenters. The smallest absolute Gasteiger partial charge is 0.230 e. The van der Waals surface area contributed by atoms with E-state index in [0.717, 1.165) is 11.1 Å². The Labute approximate surface area is 169 Å². The Hall–Kier alpha value is -2.99. The number of hydrogen-bond donors (Lipinski definition) is 1. The summed E-state index contributed by atoms with van der Waals surface area (Å²) in [7, 11) is 0. The minimum Gasteiger partial charge on any atom is -0.360 e. The Bertz CT molecular complexity index is 973. The maximum atomic E-state index is 13.2. The number of ether oxygens (including phenoxy) is 1. The van der Waals surface area contributed by atoms with Gasteiger partial charge in [-0.15, -0.1) is 0 Å². The van der Waals surface area contributed by atoms with Crippen LogP contribution >= 0.6 is 0 Å². The molecule has 0 aliphatic carbocycles. The predicted molar refractivity (Wildman–Crippen MR) is 106 cm³/mol. The second-order valence-corrected chi connectivity index (χ2v) is 8.16. The number of nitrogens with one attached hydrogen (secondary N) is 1. The molecule has 29 heavy (non-hydrogen) atoms. The van der Waals surface area contributed by atoms with Crippen LogP contribution in [0.1, 0.15) is 16.7 Å². The highest BCUT2D eigenvalue weighted by atomic mass is 16.5. The Kier molecular flexibility index (Phi) is 4.24. The van der Waals surface area contributed by atoms with Crippen LogP contribution in [0.3, 0.4) is 0 Å². The summed E-state index contributed by atoms with van der Waals surface area (Å²) >= 11 is 0. The predicted octanol–water partition coefficient (Wildman–Crippen LogP) is 1.99. The van der Waals surface area contributed by atoms with E-state index < -0.39 is 17.4 Å². The molecule has 148 valence electrons. The Morgan fingerprint density at radius 3 is 2.86 bits per heavy atom. The average Bonchev–Trinajstić information content (AvgIpc) is 3.36. The van der Waals surface area contributed by atoms with Crippen molar-refractivity contribution in [3.8, 4) is 0 Å². The quantitative estimate of drug-likeness (QED) is 0.794. The van der Waals surface area contributed by atoms with Gasteiger partial charge in [0.1, 0.15) is 5.60 Å². The topological polar surface area (TPSA) is 71.5 Å². The molecule has 1 aromatic heterocycles. The van der Waals surface area contributed by atoms with Gasteiger partial charge in [-0.2, -0.15) is 0 Å². The van der Waals surface area contributed by atoms with E-state index >= 15 is 0 Å². The maximum Gasteiger partial charge on any atom is 0.230 e. The number of aryl methyl sites for hydroxylation is 1. The number of nitrogens with zero attached hydrogens (tertiary/aromatic N) is 2. The molecule has 2 saturated heterocycles. The third-order valence-corrected chi connectivity index (χ3v) is 6.17. The van der Waals surface area contributed by atoms with Crippen LogP contribution in [-0.4, -0.2) is 39.9 Å². The van der Waals surface area contributed by atoms with Crippen molar-refractivity contribution in [1.82, 2.24) is 15.2 Å². The van der Waals surface area contributed by atoms with Gasteiger partial charge in [-0.3, -0.25) is 14.6 Å². The highest BCUT2D eigenvalue weighted by Crippen LogP contribution is 2.52. The minimum atomic E-state index is -0.685. The molecule has 0 radical (unpaired) electrons. The van der Waals surface area contributed by atoms with Gasteiger partial charge in [-0.1, -0.05) is 48.0 Å². The summed E-state index contributed by atoms with van der Waals surface area (Å²) in [5, 5.41) is 3.01. The Morgan fingerprint density at radius 2 is 2.10 bits per heavy atom. The summed E-state index contributed by atoms with van der Waals surface area (Å²) in [5.41, 5.74) is 2.50. The molecule has 3 aliphatic rings. The van der Waals surface area contributed by atoms with Crippen LogP contribution < -0.4 is 5.32 Å². The van der Waals surface area contributed by atoms with Crippen molar-refractivity contribution < 1.29 is 14.3 Å². The summed E-state index contributed by atoms with van der Waals surface area (Å²) in [6.45, 7) is 3.42. The summed E-state index contributed by atoms with van der Waals surface area (Å²) in [6, 6.07) is 11.9. The normalized spacial score (nSPS) is 29.3. The van der Waals surface area contributed by atoms with Gasteiger partial charge in [0.05, 0.1) is 24.5 Å². The lowest BCUT2D eigenvalue weighted by Gasteiger charge is -2.23. The molecular weight excluding hydrogens is 366 g/mol. The molecule has 4 heterocycles. The van der Waals surface area contributed by atoms with Crippen molar-refractivity contribution in [1.29, 1.82) is 0 Å². The molecule has 1 spiro atoms. The van der Waals surface area contributed by atoms with E-state index in [1.807, 2.05) is 55.5 Å². The number of amides is 2. The van der Waals surface area contributed by atoms with Gasteiger partial charge in [-0.25, -0.2) is 0 Å². The van der Waals surface area contributed by atoms with Crippen LogP contribution in [0.5, 0.6) is 0 Å². The second kappa shape index (κ2) is 6.81. The number of pyridine rings is 1. The van der Waals surface area contributed by atoms with E-state index in [-0.39, 0.29) is 17.9 Å². The fraction of sp³-hybridized carbons (Fsp3) is 0.348. The Morgan fingerprint density at radius 1 is 1.28 bits per heavy atom. The van der Waals surface area contributed by atoms with E-state index in [2.05, 4.69) is 10.3 Å². The van der Waals surface area contributed by atoms with Crippen molar-refractivity contribution in [2.45, 2.75) is 31.7 Å². The number of hydrogen-bond acceptors (Lipinski definition) is 4. The van der Waals surface area contributed by atoms with Gasteiger partial charge in [0.15, 0.2) is 0 Å². The summed E-state index contributed by atoms with van der Waals surface area (Å²) in [4.78, 5) is 32.1. The molecule has 1 N–H and O–H groups in total. The number of likely N-dealkylation sites (tertiary alicyclic amines) is 1. The lowest BCUT2D eigenvalue weighted by Crippen LogP contribution is -2.43. The highest BCUT2D eigenvalue weighted by molar-refractivity contribution is 5.93. The third-order valence-electron chi connectivity index (χ3n) is 6.17. The zero-order valence-electron chi connectivity index (χ0n) is 16.2. The first kappa shape index (κ1) is 18.1. The number of carbonyl (C=O) groups is 2. The van der Waals surface area contributed by atoms with E-state index in [0.29, 0.717) is 19.6 Å². The first-order chi connectivity index (χ1) is 14.1. The number of benzene rings is 1. The van der Waals surface area contributed by atoms with Crippen LogP contribution in [0.15, 0.2) is 60.9 Å². The molecule has 2 amide bonds. The molecule has 4 atom stereocenters. The number of fused-ring (bicyclic) bond motifs is 1. The van der Waals surface area contributed by atoms with Gasteiger partial charge < -0.3 is 15.0 Å². The van der Waals surface area contributed by atoms with Crippen LogP contribution in [0.25, 0.3) is 0 Å². The molecule has 2 aromatic rings. The minimum absolute atomic E-state index is 0.0174. The van der Waals surface area contributed by atoms with E-state index in [1.54, 1.807) is 17.3 Å². The largest absolute Gasteiger partial charge is 0.360 e. The molecule has 6 heteroatoms. The molecule has 0 saturated carbocycles. The molecule has 6 nitrogen and oxygen atoms in total. The molecule has 1 aromatic carbocycles. The average molecular weight is 389 g/mol. The summed E-state index contributed by atoms with van der Waals surface area (Å²) in [5.74, 6) is -1.09. The lowest BCUT2D eigenvalue weighted by molar-refractivity contribution is -0.137. The fourth-order valence-corrected chi connectivity index (χ4v) is 4.74. The van der Waals surface area contributed by atoms with Gasteiger partial charge in [0, 0.05) is 25.5 Å². The Balaban J connectivity index is 1.31. The first-order valence-electron chi connectivity index (χ1n) is 9.94. The van der Waals surface area contributed by atoms with Crippen molar-refractivity contribution in [3.05, 3.63) is 77.6 Å². The van der Waals surface area contributed by atoms with Crippen molar-refractivity contribution >= 4 is 11.8 Å². The van der Waals surface area contributed by atoms with Crippen LogP contribution in [0, 0.1) is 18.8 Å². The standard InChI is InChI=1S/C23H23N3O3/c1-15-4-6-16(7-5-15)12-25-21(27)19-18-8-9-23(29-18)14-26(22(28)20(19)23)13-17-3-2-10-24-11-17/h2-11,18-20H,12-14H2,1H3,(H,25,27)/t18-,19?,20-,23?/m0/s1. The van der Waals surface area contributed by atoms with Crippen molar-refractivity contribution in [3.63, 3.8) is 0 Å². The lowest BCUT2D eigenvalue weighted by atomic mass is 9.77. The van der Waals surface area contributed by atoms with E-state index in [9.17, 15) is 9.59 Å². The molecule has 2 fully saturated rings. The van der Waals surface area contributed by atoms with Crippen LogP contribution in [-0.2, 0) is 27.4 Å². The third kappa shape index (κ3) is 3.04.